The normalized spacial score (nSPS) is 28.2. The second-order valence-corrected chi connectivity index (χ2v) is 7.33. The predicted octanol–water partition coefficient (Wildman–Crippen LogP) is 4.38. The maximum absolute atomic E-state index is 6.43. The minimum absolute atomic E-state index is 0.0822. The van der Waals surface area contributed by atoms with Crippen molar-refractivity contribution in [3.05, 3.63) is 11.5 Å². The Labute approximate surface area is 131 Å². The van der Waals surface area contributed by atoms with Crippen molar-refractivity contribution in [3.63, 3.8) is 0 Å². The highest BCUT2D eigenvalue weighted by Gasteiger charge is 2.33. The molecule has 116 valence electrons. The van der Waals surface area contributed by atoms with Crippen LogP contribution in [0, 0.1) is 18.8 Å². The molecule has 2 aromatic heterocycles. The molecular formula is C16H25ClN4. The van der Waals surface area contributed by atoms with Crippen LogP contribution in [-0.2, 0) is 7.05 Å². The molecule has 0 aliphatic heterocycles. The van der Waals surface area contributed by atoms with Gasteiger partial charge in [0.15, 0.2) is 5.65 Å². The summed E-state index contributed by atoms with van der Waals surface area (Å²) in [5.41, 5.74) is 3.12. The summed E-state index contributed by atoms with van der Waals surface area (Å²) in [6.45, 7) is 8.77. The van der Waals surface area contributed by atoms with Crippen LogP contribution in [-0.4, -0.2) is 19.3 Å². The first kappa shape index (κ1) is 14.9. The summed E-state index contributed by atoms with van der Waals surface area (Å²) < 4.78 is 4.35. The van der Waals surface area contributed by atoms with E-state index in [4.69, 9.17) is 16.6 Å². The number of nitrogens with zero attached hydrogens (tertiary/aromatic N) is 4. The van der Waals surface area contributed by atoms with Crippen molar-refractivity contribution in [3.8, 4) is 0 Å². The Morgan fingerprint density at radius 2 is 2.00 bits per heavy atom. The fourth-order valence-corrected chi connectivity index (χ4v) is 3.99. The first-order valence-electron chi connectivity index (χ1n) is 7.97. The Morgan fingerprint density at radius 1 is 1.29 bits per heavy atom. The van der Waals surface area contributed by atoms with Gasteiger partial charge in [-0.15, -0.1) is 11.6 Å². The third-order valence-electron chi connectivity index (χ3n) is 5.21. The van der Waals surface area contributed by atoms with Crippen molar-refractivity contribution in [2.75, 3.05) is 0 Å². The Hall–Kier alpha value is -1.03. The van der Waals surface area contributed by atoms with Crippen LogP contribution < -0.4 is 0 Å². The quantitative estimate of drug-likeness (QED) is 0.772. The molecule has 1 fully saturated rings. The summed E-state index contributed by atoms with van der Waals surface area (Å²) in [7, 11) is 2.01. The molecule has 21 heavy (non-hydrogen) atoms. The van der Waals surface area contributed by atoms with E-state index in [2.05, 4.69) is 23.5 Å². The van der Waals surface area contributed by atoms with Crippen LogP contribution in [0.1, 0.15) is 63.0 Å². The SMILES string of the molecule is Cc1nn(C)c2c1nc(C(C)Cl)n2C1CCCC(C)C1C. The van der Waals surface area contributed by atoms with E-state index in [0.717, 1.165) is 28.6 Å². The van der Waals surface area contributed by atoms with Crippen LogP contribution in [0.3, 0.4) is 0 Å². The molecule has 3 rings (SSSR count). The third-order valence-corrected chi connectivity index (χ3v) is 5.41. The second-order valence-electron chi connectivity index (χ2n) is 6.67. The van der Waals surface area contributed by atoms with Gasteiger partial charge in [-0.3, -0.25) is 4.68 Å². The minimum Gasteiger partial charge on any atom is -0.308 e. The lowest BCUT2D eigenvalue weighted by Crippen LogP contribution is -2.28. The molecule has 1 aliphatic carbocycles. The predicted molar refractivity (Wildman–Crippen MR) is 86.7 cm³/mol. The molecule has 0 radical (unpaired) electrons. The van der Waals surface area contributed by atoms with E-state index in [9.17, 15) is 0 Å². The van der Waals surface area contributed by atoms with Gasteiger partial charge in [0.1, 0.15) is 11.3 Å². The number of hydrogen-bond donors (Lipinski definition) is 0. The highest BCUT2D eigenvalue weighted by molar-refractivity contribution is 6.20. The second kappa shape index (κ2) is 5.31. The van der Waals surface area contributed by atoms with Crippen molar-refractivity contribution in [2.24, 2.45) is 18.9 Å². The number of hydrogen-bond acceptors (Lipinski definition) is 2. The zero-order chi connectivity index (χ0) is 15.3. The molecule has 0 amide bonds. The molecule has 1 aliphatic rings. The van der Waals surface area contributed by atoms with Crippen molar-refractivity contribution < 1.29 is 0 Å². The Morgan fingerprint density at radius 3 is 2.67 bits per heavy atom. The van der Waals surface area contributed by atoms with Gasteiger partial charge in [-0.1, -0.05) is 26.7 Å². The molecule has 0 aromatic carbocycles. The Bertz CT molecular complexity index is 655. The lowest BCUT2D eigenvalue weighted by atomic mass is 9.78. The van der Waals surface area contributed by atoms with Crippen LogP contribution in [0.15, 0.2) is 0 Å². The van der Waals surface area contributed by atoms with Gasteiger partial charge in [0.25, 0.3) is 0 Å². The number of imidazole rings is 1. The number of aromatic nitrogens is 4. The standard InChI is InChI=1S/C16H25ClN4/c1-9-7-6-8-13(10(9)2)21-15(11(3)17)18-14-12(4)19-20(5)16(14)21/h9-11,13H,6-8H2,1-5H3. The highest BCUT2D eigenvalue weighted by Crippen LogP contribution is 2.41. The summed E-state index contributed by atoms with van der Waals surface area (Å²) in [5.74, 6) is 2.38. The van der Waals surface area contributed by atoms with Crippen LogP contribution in [0.2, 0.25) is 0 Å². The lowest BCUT2D eigenvalue weighted by Gasteiger charge is -2.36. The molecule has 5 heteroatoms. The van der Waals surface area contributed by atoms with Crippen LogP contribution in [0.4, 0.5) is 0 Å². The van der Waals surface area contributed by atoms with Gasteiger partial charge in [0, 0.05) is 13.1 Å². The van der Waals surface area contributed by atoms with Gasteiger partial charge in [0.05, 0.1) is 11.1 Å². The maximum atomic E-state index is 6.43. The molecule has 4 unspecified atom stereocenters. The summed E-state index contributed by atoms with van der Waals surface area (Å²) in [5, 5.41) is 4.46. The first-order chi connectivity index (χ1) is 9.91. The average Bonchev–Trinajstić information content (AvgIpc) is 2.93. The van der Waals surface area contributed by atoms with Crippen LogP contribution >= 0.6 is 11.6 Å². The number of alkyl halides is 1. The number of fused-ring (bicyclic) bond motifs is 1. The summed E-state index contributed by atoms with van der Waals surface area (Å²) in [4.78, 5) is 4.81. The molecule has 0 bridgehead atoms. The Balaban J connectivity index is 2.21. The topological polar surface area (TPSA) is 35.6 Å². The summed E-state index contributed by atoms with van der Waals surface area (Å²) in [6, 6.07) is 0.477. The average molecular weight is 309 g/mol. The molecule has 4 atom stereocenters. The minimum atomic E-state index is -0.0822. The van der Waals surface area contributed by atoms with E-state index in [0.29, 0.717) is 12.0 Å². The summed E-state index contributed by atoms with van der Waals surface area (Å²) >= 11 is 6.43. The largest absolute Gasteiger partial charge is 0.308 e. The van der Waals surface area contributed by atoms with Crippen molar-refractivity contribution >= 4 is 22.8 Å². The maximum Gasteiger partial charge on any atom is 0.158 e. The molecule has 1 saturated carbocycles. The van der Waals surface area contributed by atoms with Gasteiger partial charge < -0.3 is 4.57 Å². The zero-order valence-electron chi connectivity index (χ0n) is 13.6. The fraction of sp³-hybridized carbons (Fsp3) is 0.750. The van der Waals surface area contributed by atoms with Crippen molar-refractivity contribution in [1.29, 1.82) is 0 Å². The lowest BCUT2D eigenvalue weighted by molar-refractivity contribution is 0.185. The van der Waals surface area contributed by atoms with Gasteiger partial charge in [-0.05, 0) is 32.1 Å². The van der Waals surface area contributed by atoms with Gasteiger partial charge >= 0.3 is 0 Å². The van der Waals surface area contributed by atoms with Crippen LogP contribution in [0.5, 0.6) is 0 Å². The van der Waals surface area contributed by atoms with Gasteiger partial charge in [-0.2, -0.15) is 5.10 Å². The van der Waals surface area contributed by atoms with Gasteiger partial charge in [0.2, 0.25) is 0 Å². The van der Waals surface area contributed by atoms with Crippen molar-refractivity contribution in [1.82, 2.24) is 19.3 Å². The molecule has 2 aromatic rings. The molecule has 2 heterocycles. The monoisotopic (exact) mass is 308 g/mol. The Kier molecular flexibility index (Phi) is 3.76. The van der Waals surface area contributed by atoms with E-state index in [1.165, 1.54) is 19.3 Å². The molecule has 0 N–H and O–H groups in total. The van der Waals surface area contributed by atoms with Gasteiger partial charge in [-0.25, -0.2) is 4.98 Å². The number of aryl methyl sites for hydroxylation is 2. The summed E-state index contributed by atoms with van der Waals surface area (Å²) in [6.07, 6.45) is 3.81. The number of rotatable bonds is 2. The molecule has 0 spiro atoms. The molecule has 0 saturated heterocycles. The molecular weight excluding hydrogens is 284 g/mol. The van der Waals surface area contributed by atoms with E-state index in [1.54, 1.807) is 0 Å². The third kappa shape index (κ3) is 2.28. The van der Waals surface area contributed by atoms with Crippen molar-refractivity contribution in [2.45, 2.75) is 58.4 Å². The number of halogens is 1. The molecule has 4 nitrogen and oxygen atoms in total. The van der Waals surface area contributed by atoms with E-state index in [-0.39, 0.29) is 5.38 Å². The first-order valence-corrected chi connectivity index (χ1v) is 8.41. The highest BCUT2D eigenvalue weighted by atomic mass is 35.5. The van der Waals surface area contributed by atoms with E-state index in [1.807, 2.05) is 25.6 Å². The van der Waals surface area contributed by atoms with E-state index >= 15 is 0 Å². The van der Waals surface area contributed by atoms with E-state index < -0.39 is 0 Å². The zero-order valence-corrected chi connectivity index (χ0v) is 14.4. The fourth-order valence-electron chi connectivity index (χ4n) is 3.84. The van der Waals surface area contributed by atoms with Crippen LogP contribution in [0.25, 0.3) is 11.2 Å². The smallest absolute Gasteiger partial charge is 0.158 e.